The van der Waals surface area contributed by atoms with Crippen LogP contribution in [0.2, 0.25) is 0 Å². The fourth-order valence-corrected chi connectivity index (χ4v) is 5.09. The second-order valence-corrected chi connectivity index (χ2v) is 9.26. The number of amides is 1. The minimum absolute atomic E-state index is 0.0167. The van der Waals surface area contributed by atoms with Crippen LogP contribution in [0.25, 0.3) is 27.9 Å². The summed E-state index contributed by atoms with van der Waals surface area (Å²) in [6.45, 7) is 4.05. The molecule has 0 unspecified atom stereocenters. The first-order chi connectivity index (χ1) is 17.1. The first kappa shape index (κ1) is 21.5. The maximum Gasteiger partial charge on any atom is 0.254 e. The summed E-state index contributed by atoms with van der Waals surface area (Å²) in [5.74, 6) is 0.0167. The van der Waals surface area contributed by atoms with E-state index < -0.39 is 0 Å². The van der Waals surface area contributed by atoms with Crippen LogP contribution < -0.4 is 5.73 Å². The van der Waals surface area contributed by atoms with Gasteiger partial charge < -0.3 is 19.6 Å². The molecular formula is C27H27N7O. The van der Waals surface area contributed by atoms with Crippen molar-refractivity contribution in [2.75, 3.05) is 13.1 Å². The fourth-order valence-electron chi connectivity index (χ4n) is 5.09. The molecule has 1 fully saturated rings. The van der Waals surface area contributed by atoms with Gasteiger partial charge in [0.15, 0.2) is 0 Å². The molecule has 1 atom stereocenters. The van der Waals surface area contributed by atoms with Gasteiger partial charge in [0.2, 0.25) is 0 Å². The number of pyridine rings is 1. The summed E-state index contributed by atoms with van der Waals surface area (Å²) < 4.78 is 4.30. The van der Waals surface area contributed by atoms with Crippen LogP contribution in [0.1, 0.15) is 34.5 Å². The number of piperidine rings is 1. The molecule has 176 valence electrons. The van der Waals surface area contributed by atoms with Crippen molar-refractivity contribution in [2.24, 2.45) is 5.73 Å². The van der Waals surface area contributed by atoms with Crippen molar-refractivity contribution in [3.63, 3.8) is 0 Å². The van der Waals surface area contributed by atoms with Crippen LogP contribution in [0.5, 0.6) is 0 Å². The molecule has 5 heterocycles. The van der Waals surface area contributed by atoms with Gasteiger partial charge in [0.25, 0.3) is 5.91 Å². The Labute approximate surface area is 203 Å². The van der Waals surface area contributed by atoms with Gasteiger partial charge in [0, 0.05) is 65.4 Å². The molecule has 4 aromatic heterocycles. The number of benzene rings is 1. The van der Waals surface area contributed by atoms with E-state index in [4.69, 9.17) is 10.7 Å². The molecule has 5 aromatic rings. The number of para-hydroxylation sites is 1. The standard InChI is InChI=1S/C27H27N7O/c1-18-26(24-11-20-5-2-3-7-23(20)34(24)15-19-13-29-17-30-14-19)31-25-12-21(8-10-33(18)25)27(35)32-9-4-6-22(28)16-32/h2-3,5,7-8,10-14,17,22H,4,6,9,15-16,28H2,1H3/t22-/m1/s1. The average Bonchev–Trinajstić information content (AvgIpc) is 3.41. The van der Waals surface area contributed by atoms with E-state index in [2.05, 4.69) is 39.7 Å². The summed E-state index contributed by atoms with van der Waals surface area (Å²) in [6, 6.07) is 14.3. The topological polar surface area (TPSA) is 94.3 Å². The summed E-state index contributed by atoms with van der Waals surface area (Å²) in [5.41, 5.74) is 12.6. The van der Waals surface area contributed by atoms with E-state index in [1.54, 1.807) is 6.33 Å². The average molecular weight is 466 g/mol. The number of nitrogens with zero attached hydrogens (tertiary/aromatic N) is 6. The molecular weight excluding hydrogens is 438 g/mol. The van der Waals surface area contributed by atoms with Crippen molar-refractivity contribution in [3.05, 3.63) is 84.2 Å². The first-order valence-electron chi connectivity index (χ1n) is 11.9. The largest absolute Gasteiger partial charge is 0.337 e. The van der Waals surface area contributed by atoms with Crippen molar-refractivity contribution in [1.82, 2.24) is 28.8 Å². The zero-order valence-corrected chi connectivity index (χ0v) is 19.6. The quantitative estimate of drug-likeness (QED) is 0.437. The van der Waals surface area contributed by atoms with Crippen LogP contribution in [-0.2, 0) is 6.54 Å². The molecule has 2 N–H and O–H groups in total. The van der Waals surface area contributed by atoms with Gasteiger partial charge in [-0.1, -0.05) is 18.2 Å². The number of nitrogens with two attached hydrogens (primary N) is 1. The lowest BCUT2D eigenvalue weighted by molar-refractivity contribution is 0.0709. The molecule has 1 amide bonds. The summed E-state index contributed by atoms with van der Waals surface area (Å²) in [6.07, 6.45) is 9.07. The molecule has 6 rings (SSSR count). The molecule has 0 aliphatic carbocycles. The molecule has 0 spiro atoms. The minimum Gasteiger partial charge on any atom is -0.337 e. The Kier molecular flexibility index (Phi) is 5.30. The SMILES string of the molecule is Cc1c(-c2cc3ccccc3n2Cc2cncnc2)nc2cc(C(=O)N3CCC[C@@H](N)C3)ccn12. The first-order valence-corrected chi connectivity index (χ1v) is 11.9. The number of imidazole rings is 1. The maximum atomic E-state index is 13.1. The zero-order chi connectivity index (χ0) is 23.9. The summed E-state index contributed by atoms with van der Waals surface area (Å²) in [4.78, 5) is 28.4. The van der Waals surface area contributed by atoms with Gasteiger partial charge in [-0.15, -0.1) is 0 Å². The summed E-state index contributed by atoms with van der Waals surface area (Å²) in [5, 5.41) is 1.15. The highest BCUT2D eigenvalue weighted by atomic mass is 16.2. The van der Waals surface area contributed by atoms with Crippen molar-refractivity contribution in [2.45, 2.75) is 32.4 Å². The molecule has 35 heavy (non-hydrogen) atoms. The van der Waals surface area contributed by atoms with E-state index in [-0.39, 0.29) is 11.9 Å². The highest BCUT2D eigenvalue weighted by Crippen LogP contribution is 2.31. The monoisotopic (exact) mass is 465 g/mol. The third kappa shape index (κ3) is 3.85. The fraction of sp³-hybridized carbons (Fsp3) is 0.259. The Balaban J connectivity index is 1.43. The molecule has 1 aliphatic rings. The van der Waals surface area contributed by atoms with Crippen LogP contribution in [0.15, 0.2) is 67.4 Å². The third-order valence-corrected chi connectivity index (χ3v) is 6.86. The Hall–Kier alpha value is -4.04. The number of hydrogen-bond donors (Lipinski definition) is 1. The molecule has 1 aromatic carbocycles. The van der Waals surface area contributed by atoms with Crippen LogP contribution in [0.4, 0.5) is 0 Å². The van der Waals surface area contributed by atoms with Crippen LogP contribution in [-0.4, -0.2) is 53.9 Å². The number of hydrogen-bond acceptors (Lipinski definition) is 5. The third-order valence-electron chi connectivity index (χ3n) is 6.86. The van der Waals surface area contributed by atoms with Crippen molar-refractivity contribution < 1.29 is 4.79 Å². The lowest BCUT2D eigenvalue weighted by atomic mass is 10.1. The van der Waals surface area contributed by atoms with E-state index in [9.17, 15) is 4.79 Å². The van der Waals surface area contributed by atoms with Crippen LogP contribution >= 0.6 is 0 Å². The maximum absolute atomic E-state index is 13.1. The Morgan fingerprint density at radius 3 is 2.80 bits per heavy atom. The zero-order valence-electron chi connectivity index (χ0n) is 19.6. The van der Waals surface area contributed by atoms with Gasteiger partial charge in [-0.05, 0) is 44.0 Å². The predicted molar refractivity (Wildman–Crippen MR) is 135 cm³/mol. The molecule has 8 nitrogen and oxygen atoms in total. The normalized spacial score (nSPS) is 16.3. The van der Waals surface area contributed by atoms with E-state index in [1.807, 2.05) is 52.2 Å². The summed E-state index contributed by atoms with van der Waals surface area (Å²) in [7, 11) is 0. The molecule has 8 heteroatoms. The highest BCUT2D eigenvalue weighted by Gasteiger charge is 2.23. The van der Waals surface area contributed by atoms with Gasteiger partial charge >= 0.3 is 0 Å². The minimum atomic E-state index is 0.0167. The number of carbonyl (C=O) groups excluding carboxylic acids is 1. The van der Waals surface area contributed by atoms with Crippen LogP contribution in [0.3, 0.4) is 0 Å². The Bertz CT molecular complexity index is 1540. The molecule has 0 saturated carbocycles. The van der Waals surface area contributed by atoms with E-state index in [0.717, 1.165) is 58.6 Å². The number of fused-ring (bicyclic) bond motifs is 2. The number of aryl methyl sites for hydroxylation is 1. The van der Waals surface area contributed by atoms with Gasteiger partial charge in [-0.3, -0.25) is 4.79 Å². The lowest BCUT2D eigenvalue weighted by Crippen LogP contribution is -2.45. The molecule has 0 radical (unpaired) electrons. The van der Waals surface area contributed by atoms with Gasteiger partial charge in [0.05, 0.1) is 12.2 Å². The predicted octanol–water partition coefficient (Wildman–Crippen LogP) is 3.67. The van der Waals surface area contributed by atoms with Gasteiger partial charge in [-0.25, -0.2) is 15.0 Å². The Morgan fingerprint density at radius 2 is 1.97 bits per heavy atom. The second-order valence-electron chi connectivity index (χ2n) is 9.26. The Morgan fingerprint density at radius 1 is 1.14 bits per heavy atom. The van der Waals surface area contributed by atoms with Crippen LogP contribution in [0, 0.1) is 6.92 Å². The van der Waals surface area contributed by atoms with E-state index in [1.165, 1.54) is 0 Å². The summed E-state index contributed by atoms with van der Waals surface area (Å²) >= 11 is 0. The smallest absolute Gasteiger partial charge is 0.254 e. The van der Waals surface area contributed by atoms with Crippen molar-refractivity contribution in [3.8, 4) is 11.4 Å². The van der Waals surface area contributed by atoms with E-state index in [0.29, 0.717) is 18.7 Å². The molecule has 0 bridgehead atoms. The van der Waals surface area contributed by atoms with Crippen molar-refractivity contribution >= 4 is 22.5 Å². The highest BCUT2D eigenvalue weighted by molar-refractivity contribution is 5.95. The number of aromatic nitrogens is 5. The van der Waals surface area contributed by atoms with E-state index >= 15 is 0 Å². The lowest BCUT2D eigenvalue weighted by Gasteiger charge is -2.30. The van der Waals surface area contributed by atoms with Crippen molar-refractivity contribution in [1.29, 1.82) is 0 Å². The number of rotatable bonds is 4. The molecule has 1 saturated heterocycles. The second kappa shape index (κ2) is 8.63. The van der Waals surface area contributed by atoms with Gasteiger partial charge in [-0.2, -0.15) is 0 Å². The number of carbonyl (C=O) groups is 1. The molecule has 1 aliphatic heterocycles. The number of likely N-dealkylation sites (tertiary alicyclic amines) is 1. The van der Waals surface area contributed by atoms with Gasteiger partial charge in [0.1, 0.15) is 17.7 Å².